The van der Waals surface area contributed by atoms with Gasteiger partial charge >= 0.3 is 6.07 Å². The Bertz CT molecular complexity index is 1090. The molecule has 1 fully saturated rings. The summed E-state index contributed by atoms with van der Waals surface area (Å²) in [5, 5.41) is 5.84. The van der Waals surface area contributed by atoms with Gasteiger partial charge in [-0.05, 0) is 49.2 Å². The van der Waals surface area contributed by atoms with E-state index in [-0.39, 0.29) is 23.6 Å². The fourth-order valence-corrected chi connectivity index (χ4v) is 3.17. The van der Waals surface area contributed by atoms with Crippen LogP contribution in [0.25, 0.3) is 4.85 Å². The minimum absolute atomic E-state index is 0.0382. The van der Waals surface area contributed by atoms with E-state index in [1.54, 1.807) is 12.1 Å². The number of carbonyl (C=O) groups is 2. The van der Waals surface area contributed by atoms with Crippen LogP contribution in [0, 0.1) is 17.8 Å². The molecule has 1 saturated carbocycles. The van der Waals surface area contributed by atoms with Gasteiger partial charge in [0.05, 0.1) is 5.92 Å². The zero-order chi connectivity index (χ0) is 20.4. The number of hydrogen-bond acceptors (Lipinski definition) is 3. The number of allylic oxidation sites excluding steroid dienone is 1. The van der Waals surface area contributed by atoms with Crippen molar-refractivity contribution in [2.24, 2.45) is 5.92 Å². The number of pyridine rings is 1. The maximum Gasteiger partial charge on any atom is 0.329 e. The molecule has 2 heterocycles. The molecule has 2 aromatic rings. The largest absolute Gasteiger partial charge is 0.329 e. The van der Waals surface area contributed by atoms with E-state index in [1.165, 1.54) is 30.5 Å². The normalized spacial score (nSPS) is 17.6. The fourth-order valence-electron chi connectivity index (χ4n) is 2.99. The van der Waals surface area contributed by atoms with E-state index in [2.05, 4.69) is 26.5 Å². The number of rotatable bonds is 5. The second-order valence-corrected chi connectivity index (χ2v) is 7.39. The second kappa shape index (κ2) is 8.02. The highest BCUT2D eigenvalue weighted by molar-refractivity contribution is 6.30. The quantitative estimate of drug-likeness (QED) is 0.781. The van der Waals surface area contributed by atoms with E-state index in [4.69, 9.17) is 11.6 Å². The molecule has 8 heteroatoms. The third kappa shape index (κ3) is 4.61. The highest BCUT2D eigenvalue weighted by Gasteiger charge is 2.30. The van der Waals surface area contributed by atoms with Crippen LogP contribution < -0.4 is 10.6 Å². The van der Waals surface area contributed by atoms with Gasteiger partial charge in [0.15, 0.2) is 5.70 Å². The maximum atomic E-state index is 14.1. The molecule has 1 aromatic heterocycles. The van der Waals surface area contributed by atoms with Gasteiger partial charge in [0.25, 0.3) is 12.5 Å². The van der Waals surface area contributed by atoms with Crippen LogP contribution in [0.4, 0.5) is 10.2 Å². The molecule has 0 bridgehead atoms. The van der Waals surface area contributed by atoms with Crippen LogP contribution in [-0.4, -0.2) is 23.3 Å². The van der Waals surface area contributed by atoms with E-state index in [0.29, 0.717) is 34.2 Å². The maximum absolute atomic E-state index is 14.1. The second-order valence-electron chi connectivity index (χ2n) is 6.95. The summed E-state index contributed by atoms with van der Waals surface area (Å²) < 4.78 is 14.1. The van der Waals surface area contributed by atoms with Crippen LogP contribution >= 0.6 is 11.6 Å². The van der Waals surface area contributed by atoms with Crippen molar-refractivity contribution in [3.8, 4) is 6.07 Å². The Kier molecular flexibility index (Phi) is 5.28. The SMILES string of the molecule is O=C(NC1=CC(c2cc(Cl)ccc2F)C[N+]#C1)c1ccnc(NC(=O)C2CC2)c1. The molecule has 1 aromatic carbocycles. The Hall–Kier alpha value is -3.24. The summed E-state index contributed by atoms with van der Waals surface area (Å²) in [7, 11) is 0. The first-order chi connectivity index (χ1) is 14.0. The lowest BCUT2D eigenvalue weighted by molar-refractivity contribution is -0.117. The first-order valence-corrected chi connectivity index (χ1v) is 9.55. The average Bonchev–Trinajstić information content (AvgIpc) is 3.56. The summed E-state index contributed by atoms with van der Waals surface area (Å²) in [5.41, 5.74) is 1.07. The zero-order valence-electron chi connectivity index (χ0n) is 15.3. The molecule has 29 heavy (non-hydrogen) atoms. The van der Waals surface area contributed by atoms with E-state index < -0.39 is 5.91 Å². The molecule has 0 saturated heterocycles. The van der Waals surface area contributed by atoms with E-state index in [9.17, 15) is 14.0 Å². The molecule has 6 nitrogen and oxygen atoms in total. The van der Waals surface area contributed by atoms with Crippen molar-refractivity contribution in [2.75, 3.05) is 11.9 Å². The van der Waals surface area contributed by atoms with Crippen molar-refractivity contribution in [3.63, 3.8) is 0 Å². The van der Waals surface area contributed by atoms with Gasteiger partial charge in [0, 0.05) is 28.3 Å². The number of carbonyl (C=O) groups excluding carboxylic acids is 2. The molecule has 2 aliphatic rings. The Morgan fingerprint density at radius 2 is 2.03 bits per heavy atom. The number of hydrogen-bond donors (Lipinski definition) is 2. The Morgan fingerprint density at radius 3 is 2.83 bits per heavy atom. The third-order valence-corrected chi connectivity index (χ3v) is 4.92. The van der Waals surface area contributed by atoms with Crippen molar-refractivity contribution in [1.82, 2.24) is 10.3 Å². The molecule has 1 aliphatic heterocycles. The zero-order valence-corrected chi connectivity index (χ0v) is 16.0. The smallest absolute Gasteiger partial charge is 0.310 e. The average molecular weight is 412 g/mol. The number of nitrogens with one attached hydrogen (secondary N) is 2. The van der Waals surface area contributed by atoms with Crippen molar-refractivity contribution in [1.29, 1.82) is 0 Å². The highest BCUT2D eigenvalue weighted by atomic mass is 35.5. The van der Waals surface area contributed by atoms with E-state index in [0.717, 1.165) is 12.8 Å². The molecule has 0 spiro atoms. The fraction of sp³-hybridized carbons (Fsp3) is 0.238. The summed E-state index contributed by atoms with van der Waals surface area (Å²) in [6.07, 6.45) is 4.90. The summed E-state index contributed by atoms with van der Waals surface area (Å²) in [6, 6.07) is 10.1. The van der Waals surface area contributed by atoms with Gasteiger partial charge in [-0.1, -0.05) is 16.4 Å². The topological polar surface area (TPSA) is 75.5 Å². The van der Waals surface area contributed by atoms with Gasteiger partial charge in [-0.15, -0.1) is 0 Å². The first-order valence-electron chi connectivity index (χ1n) is 9.17. The van der Waals surface area contributed by atoms with Crippen LogP contribution in [0.1, 0.15) is 34.7 Å². The van der Waals surface area contributed by atoms with Gasteiger partial charge < -0.3 is 10.6 Å². The molecule has 2 N–H and O–H groups in total. The molecule has 0 radical (unpaired) electrons. The molecule has 146 valence electrons. The summed E-state index contributed by atoms with van der Waals surface area (Å²) in [4.78, 5) is 32.6. The minimum atomic E-state index is -0.407. The molecular weight excluding hydrogens is 395 g/mol. The first kappa shape index (κ1) is 19.1. The number of amides is 2. The van der Waals surface area contributed by atoms with Crippen LogP contribution in [0.15, 0.2) is 48.3 Å². The van der Waals surface area contributed by atoms with E-state index >= 15 is 0 Å². The van der Waals surface area contributed by atoms with Crippen molar-refractivity contribution >= 4 is 29.2 Å². The Morgan fingerprint density at radius 1 is 1.21 bits per heavy atom. The predicted molar refractivity (Wildman–Crippen MR) is 107 cm³/mol. The third-order valence-electron chi connectivity index (χ3n) is 4.68. The van der Waals surface area contributed by atoms with Crippen LogP contribution in [0.3, 0.4) is 0 Å². The lowest BCUT2D eigenvalue weighted by Gasteiger charge is -2.11. The number of halogens is 2. The van der Waals surface area contributed by atoms with Gasteiger partial charge in [-0.25, -0.2) is 9.37 Å². The number of anilines is 1. The van der Waals surface area contributed by atoms with Crippen molar-refractivity contribution in [3.05, 3.63) is 75.1 Å². The van der Waals surface area contributed by atoms with Crippen LogP contribution in [0.5, 0.6) is 0 Å². The molecule has 4 rings (SSSR count). The highest BCUT2D eigenvalue weighted by Crippen LogP contribution is 2.30. The van der Waals surface area contributed by atoms with Gasteiger partial charge in [-0.3, -0.25) is 9.59 Å². The lowest BCUT2D eigenvalue weighted by atomic mass is 9.96. The lowest BCUT2D eigenvalue weighted by Crippen LogP contribution is -2.24. The minimum Gasteiger partial charge on any atom is -0.310 e. The van der Waals surface area contributed by atoms with Crippen molar-refractivity contribution in [2.45, 2.75) is 18.8 Å². The Labute approximate surface area is 171 Å². The summed E-state index contributed by atoms with van der Waals surface area (Å²) >= 11 is 5.97. The summed E-state index contributed by atoms with van der Waals surface area (Å²) in [5.74, 6) is -0.882. The van der Waals surface area contributed by atoms with Crippen molar-refractivity contribution < 1.29 is 14.0 Å². The predicted octanol–water partition coefficient (Wildman–Crippen LogP) is 3.97. The molecule has 1 unspecified atom stereocenters. The molecule has 1 atom stereocenters. The van der Waals surface area contributed by atoms with E-state index in [1.807, 2.05) is 0 Å². The van der Waals surface area contributed by atoms with Gasteiger partial charge in [0.2, 0.25) is 5.91 Å². The van der Waals surface area contributed by atoms with Gasteiger partial charge in [-0.2, -0.15) is 0 Å². The molecule has 1 aliphatic carbocycles. The van der Waals surface area contributed by atoms with Gasteiger partial charge in [0.1, 0.15) is 11.6 Å². The number of nitrogens with zero attached hydrogens (tertiary/aromatic N) is 2. The number of aromatic nitrogens is 1. The van der Waals surface area contributed by atoms with Crippen LogP contribution in [0.2, 0.25) is 5.02 Å². The van der Waals surface area contributed by atoms with Crippen LogP contribution in [-0.2, 0) is 4.79 Å². The number of benzene rings is 1. The monoisotopic (exact) mass is 411 g/mol. The Balaban J connectivity index is 1.48. The standard InChI is InChI=1S/C21H16ClFN4O2/c22-15-3-4-18(23)17(9-15)14-7-16(11-24-10-14)26-21(29)13-5-6-25-19(8-13)27-20(28)12-1-2-12/h3-9,12,14H,1-2,10H2,(H-,25,26,27,28,29)/p+1. The molecular formula is C21H17ClFN4O2+. The molecule has 2 amide bonds. The summed E-state index contributed by atoms with van der Waals surface area (Å²) in [6.45, 7) is 0.309.